The van der Waals surface area contributed by atoms with E-state index >= 15 is 0 Å². The number of rotatable bonds is 3. The molecule has 82 valence electrons. The van der Waals surface area contributed by atoms with Gasteiger partial charge in [0, 0.05) is 5.33 Å². The van der Waals surface area contributed by atoms with Gasteiger partial charge in [0.2, 0.25) is 0 Å². The summed E-state index contributed by atoms with van der Waals surface area (Å²) in [4.78, 5) is 11.3. The third kappa shape index (κ3) is 2.81. The van der Waals surface area contributed by atoms with Crippen molar-refractivity contribution in [1.29, 1.82) is 0 Å². The van der Waals surface area contributed by atoms with Crippen LogP contribution in [0.4, 0.5) is 0 Å². The van der Waals surface area contributed by atoms with Crippen molar-refractivity contribution in [3.63, 3.8) is 0 Å². The highest BCUT2D eigenvalue weighted by Crippen LogP contribution is 2.21. The zero-order valence-corrected chi connectivity index (χ0v) is 10.8. The van der Waals surface area contributed by atoms with Gasteiger partial charge in [0.15, 0.2) is 0 Å². The first-order chi connectivity index (χ1) is 7.10. The van der Waals surface area contributed by atoms with E-state index < -0.39 is 0 Å². The number of benzene rings is 1. The molecule has 0 spiro atoms. The number of hydrogen-bond donors (Lipinski definition) is 0. The lowest BCUT2D eigenvalue weighted by atomic mass is 9.96. The molecule has 0 aromatic heterocycles. The maximum Gasteiger partial charge on any atom is 0.309 e. The number of alkyl halides is 1. The highest BCUT2D eigenvalue weighted by atomic mass is 79.9. The Balaban J connectivity index is 3.09. The molecule has 1 aromatic rings. The molecule has 0 aliphatic heterocycles. The summed E-state index contributed by atoms with van der Waals surface area (Å²) in [5.41, 5.74) is 4.62. The lowest BCUT2D eigenvalue weighted by molar-refractivity contribution is -0.139. The van der Waals surface area contributed by atoms with Crippen molar-refractivity contribution in [2.75, 3.05) is 7.11 Å². The molecule has 1 rings (SSSR count). The molecule has 2 nitrogen and oxygen atoms in total. The molecule has 0 heterocycles. The Hall–Kier alpha value is -0.830. The minimum Gasteiger partial charge on any atom is -0.469 e. The molecule has 0 saturated heterocycles. The maximum atomic E-state index is 11.3. The molecule has 0 amide bonds. The number of aryl methyl sites for hydroxylation is 1. The fourth-order valence-corrected chi connectivity index (χ4v) is 2.18. The Labute approximate surface area is 98.8 Å². The third-order valence-electron chi connectivity index (χ3n) is 2.64. The van der Waals surface area contributed by atoms with Gasteiger partial charge in [-0.2, -0.15) is 0 Å². The predicted molar refractivity (Wildman–Crippen MR) is 64.3 cm³/mol. The van der Waals surface area contributed by atoms with Gasteiger partial charge in [-0.1, -0.05) is 28.1 Å². The maximum absolute atomic E-state index is 11.3. The minimum atomic E-state index is -0.187. The average molecular weight is 271 g/mol. The van der Waals surface area contributed by atoms with E-state index in [-0.39, 0.29) is 5.97 Å². The van der Waals surface area contributed by atoms with E-state index in [1.807, 2.05) is 19.9 Å². The molecule has 0 fully saturated rings. The lowest BCUT2D eigenvalue weighted by Crippen LogP contribution is -2.08. The third-order valence-corrected chi connectivity index (χ3v) is 3.24. The normalized spacial score (nSPS) is 10.1. The summed E-state index contributed by atoms with van der Waals surface area (Å²) in [6.07, 6.45) is 0.356. The molecule has 0 aliphatic carbocycles. The SMILES string of the molecule is COC(=O)Cc1c(C)ccc(CBr)c1C. The first-order valence-corrected chi connectivity index (χ1v) is 5.93. The number of esters is 1. The van der Waals surface area contributed by atoms with Crippen LogP contribution in [0.1, 0.15) is 22.3 Å². The molecule has 0 radical (unpaired) electrons. The Bertz CT molecular complexity index is 372. The molecule has 0 N–H and O–H groups in total. The highest BCUT2D eigenvalue weighted by molar-refractivity contribution is 9.08. The van der Waals surface area contributed by atoms with E-state index in [2.05, 4.69) is 26.7 Å². The fraction of sp³-hybridized carbons (Fsp3) is 0.417. The van der Waals surface area contributed by atoms with Gasteiger partial charge in [-0.3, -0.25) is 4.79 Å². The number of carbonyl (C=O) groups is 1. The van der Waals surface area contributed by atoms with Crippen molar-refractivity contribution >= 4 is 21.9 Å². The summed E-state index contributed by atoms with van der Waals surface area (Å²) in [5, 5.41) is 0.813. The largest absolute Gasteiger partial charge is 0.469 e. The molecule has 15 heavy (non-hydrogen) atoms. The minimum absolute atomic E-state index is 0.187. The molecular formula is C12H15BrO2. The second-order valence-corrected chi connectivity index (χ2v) is 4.09. The smallest absolute Gasteiger partial charge is 0.309 e. The fourth-order valence-electron chi connectivity index (χ4n) is 1.57. The van der Waals surface area contributed by atoms with Crippen LogP contribution in [0.3, 0.4) is 0 Å². The summed E-state index contributed by atoms with van der Waals surface area (Å²) < 4.78 is 4.69. The first kappa shape index (κ1) is 12.2. The van der Waals surface area contributed by atoms with Gasteiger partial charge in [-0.05, 0) is 36.1 Å². The first-order valence-electron chi connectivity index (χ1n) is 4.81. The molecule has 1 aromatic carbocycles. The number of halogens is 1. The second kappa shape index (κ2) is 5.31. The van der Waals surface area contributed by atoms with Gasteiger partial charge in [-0.15, -0.1) is 0 Å². The number of carbonyl (C=O) groups excluding carboxylic acids is 1. The van der Waals surface area contributed by atoms with Crippen molar-refractivity contribution in [2.24, 2.45) is 0 Å². The molecule has 0 bridgehead atoms. The summed E-state index contributed by atoms with van der Waals surface area (Å²) in [7, 11) is 1.42. The van der Waals surface area contributed by atoms with Crippen molar-refractivity contribution in [1.82, 2.24) is 0 Å². The van der Waals surface area contributed by atoms with E-state index in [0.717, 1.165) is 16.5 Å². The molecule has 0 unspecified atom stereocenters. The molecule has 3 heteroatoms. The van der Waals surface area contributed by atoms with E-state index in [0.29, 0.717) is 6.42 Å². The van der Waals surface area contributed by atoms with Crippen molar-refractivity contribution in [3.8, 4) is 0 Å². The molecule has 0 aliphatic rings. The predicted octanol–water partition coefficient (Wildman–Crippen LogP) is 2.91. The van der Waals surface area contributed by atoms with Crippen molar-refractivity contribution < 1.29 is 9.53 Å². The standard InChI is InChI=1S/C12H15BrO2/c1-8-4-5-10(7-13)9(2)11(8)6-12(14)15-3/h4-5H,6-7H2,1-3H3. The van der Waals surface area contributed by atoms with Gasteiger partial charge >= 0.3 is 5.97 Å². The number of ether oxygens (including phenoxy) is 1. The Morgan fingerprint density at radius 3 is 2.60 bits per heavy atom. The Morgan fingerprint density at radius 2 is 2.07 bits per heavy atom. The second-order valence-electron chi connectivity index (χ2n) is 3.53. The quantitative estimate of drug-likeness (QED) is 0.624. The molecular weight excluding hydrogens is 256 g/mol. The monoisotopic (exact) mass is 270 g/mol. The van der Waals surface area contributed by atoms with Crippen molar-refractivity contribution in [2.45, 2.75) is 25.6 Å². The Morgan fingerprint density at radius 1 is 1.40 bits per heavy atom. The van der Waals surface area contributed by atoms with Gasteiger partial charge in [0.1, 0.15) is 0 Å². The number of hydrogen-bond acceptors (Lipinski definition) is 2. The van der Waals surface area contributed by atoms with E-state index in [9.17, 15) is 4.79 Å². The van der Waals surface area contributed by atoms with Crippen molar-refractivity contribution in [3.05, 3.63) is 34.4 Å². The summed E-state index contributed by atoms with van der Waals surface area (Å²) >= 11 is 3.43. The van der Waals surface area contributed by atoms with Crippen LogP contribution in [0, 0.1) is 13.8 Å². The topological polar surface area (TPSA) is 26.3 Å². The zero-order valence-electron chi connectivity index (χ0n) is 9.26. The number of methoxy groups -OCH3 is 1. The summed E-state index contributed by atoms with van der Waals surface area (Å²) in [6.45, 7) is 4.06. The van der Waals surface area contributed by atoms with Gasteiger partial charge in [0.25, 0.3) is 0 Å². The van der Waals surface area contributed by atoms with Crippen LogP contribution >= 0.6 is 15.9 Å². The van der Waals surface area contributed by atoms with Crippen LogP contribution in [0.5, 0.6) is 0 Å². The van der Waals surface area contributed by atoms with E-state index in [1.54, 1.807) is 0 Å². The van der Waals surface area contributed by atoms with Crippen LogP contribution in [0.2, 0.25) is 0 Å². The average Bonchev–Trinajstić information content (AvgIpc) is 2.24. The van der Waals surface area contributed by atoms with E-state index in [4.69, 9.17) is 0 Å². The van der Waals surface area contributed by atoms with Gasteiger partial charge in [-0.25, -0.2) is 0 Å². The summed E-state index contributed by atoms with van der Waals surface area (Å²) in [6, 6.07) is 4.13. The zero-order chi connectivity index (χ0) is 11.4. The van der Waals surface area contributed by atoms with Crippen LogP contribution in [-0.4, -0.2) is 13.1 Å². The molecule has 0 atom stereocenters. The van der Waals surface area contributed by atoms with Crippen LogP contribution < -0.4 is 0 Å². The van der Waals surface area contributed by atoms with Gasteiger partial charge < -0.3 is 4.74 Å². The lowest BCUT2D eigenvalue weighted by Gasteiger charge is -2.12. The van der Waals surface area contributed by atoms with Crippen LogP contribution in [0.15, 0.2) is 12.1 Å². The van der Waals surface area contributed by atoms with Crippen LogP contribution in [-0.2, 0) is 21.3 Å². The van der Waals surface area contributed by atoms with Gasteiger partial charge in [0.05, 0.1) is 13.5 Å². The highest BCUT2D eigenvalue weighted by Gasteiger charge is 2.11. The Kier molecular flexibility index (Phi) is 4.33. The van der Waals surface area contributed by atoms with Crippen LogP contribution in [0.25, 0.3) is 0 Å². The molecule has 0 saturated carbocycles. The summed E-state index contributed by atoms with van der Waals surface area (Å²) in [5.74, 6) is -0.187. The van der Waals surface area contributed by atoms with E-state index in [1.165, 1.54) is 18.2 Å².